The third kappa shape index (κ3) is 4.61. The molecule has 4 aliphatic rings. The second-order valence-corrected chi connectivity index (χ2v) is 16.6. The second-order valence-electron chi connectivity index (χ2n) is 16.6. The summed E-state index contributed by atoms with van der Waals surface area (Å²) in [7, 11) is 3.20. The van der Waals surface area contributed by atoms with E-state index in [2.05, 4.69) is 45.9 Å². The number of hydrogen-bond donors (Lipinski definition) is 0. The van der Waals surface area contributed by atoms with E-state index in [4.69, 9.17) is 14.2 Å². The van der Waals surface area contributed by atoms with E-state index in [0.717, 1.165) is 58.2 Å². The van der Waals surface area contributed by atoms with Gasteiger partial charge in [0, 0.05) is 27.5 Å². The first kappa shape index (κ1) is 33.6. The van der Waals surface area contributed by atoms with Gasteiger partial charge < -0.3 is 14.2 Å². The van der Waals surface area contributed by atoms with Crippen LogP contribution in [0.3, 0.4) is 0 Å². The SMILES string of the molecule is COc1ccc(C2(c3ccc(OC)cc3)C=Cc3c4c(c5cc6c(cc5c3O2)N(F)C(F)(F)N6F)-c2ccccc2C42CC(C)(C)CC(C)(C)C2)cc1. The van der Waals surface area contributed by atoms with E-state index in [-0.39, 0.29) is 10.8 Å². The zero-order valence-electron chi connectivity index (χ0n) is 30.5. The van der Waals surface area contributed by atoms with Gasteiger partial charge in [0.1, 0.15) is 28.6 Å². The molecule has 2 heterocycles. The Bertz CT molecular complexity index is 2290. The van der Waals surface area contributed by atoms with Crippen molar-refractivity contribution in [1.82, 2.24) is 0 Å². The topological polar surface area (TPSA) is 34.2 Å². The first-order valence-corrected chi connectivity index (χ1v) is 17.9. The van der Waals surface area contributed by atoms with Crippen LogP contribution in [0.15, 0.2) is 91.0 Å². The molecule has 2 aliphatic carbocycles. The molecule has 1 spiro atoms. The van der Waals surface area contributed by atoms with E-state index in [1.165, 1.54) is 12.1 Å². The maximum atomic E-state index is 15.4. The van der Waals surface area contributed by atoms with Gasteiger partial charge in [-0.15, -0.1) is 10.2 Å². The Morgan fingerprint density at radius 1 is 0.679 bits per heavy atom. The first-order valence-electron chi connectivity index (χ1n) is 17.9. The van der Waals surface area contributed by atoms with E-state index in [9.17, 15) is 0 Å². The number of fused-ring (bicyclic) bond motifs is 11. The van der Waals surface area contributed by atoms with Gasteiger partial charge in [0.15, 0.2) is 5.60 Å². The highest BCUT2D eigenvalue weighted by Gasteiger charge is 2.58. The summed E-state index contributed by atoms with van der Waals surface area (Å²) >= 11 is 0. The predicted molar refractivity (Wildman–Crippen MR) is 200 cm³/mol. The Hall–Kier alpha value is -5.18. The minimum absolute atomic E-state index is 0.0576. The molecular weight excluding hydrogens is 680 g/mol. The van der Waals surface area contributed by atoms with Gasteiger partial charge >= 0.3 is 6.17 Å². The number of hydrogen-bond acceptors (Lipinski definition) is 5. The quantitative estimate of drug-likeness (QED) is 0.105. The van der Waals surface area contributed by atoms with Gasteiger partial charge in [0.05, 0.1) is 14.2 Å². The summed E-state index contributed by atoms with van der Waals surface area (Å²) in [5.41, 5.74) is 3.44. The zero-order chi connectivity index (χ0) is 37.3. The number of rotatable bonds is 4. The van der Waals surface area contributed by atoms with Crippen molar-refractivity contribution in [1.29, 1.82) is 0 Å². The normalized spacial score (nSPS) is 20.4. The number of methoxy groups -OCH3 is 2. The third-order valence-corrected chi connectivity index (χ3v) is 11.8. The minimum atomic E-state index is -4.52. The van der Waals surface area contributed by atoms with Crippen LogP contribution in [0, 0.1) is 10.8 Å². The molecule has 5 aromatic rings. The summed E-state index contributed by atoms with van der Waals surface area (Å²) in [4.78, 5) is 0. The monoisotopic (exact) mass is 720 g/mol. The van der Waals surface area contributed by atoms with Gasteiger partial charge in [0.25, 0.3) is 0 Å². The zero-order valence-corrected chi connectivity index (χ0v) is 30.5. The van der Waals surface area contributed by atoms with Gasteiger partial charge in [0.2, 0.25) is 0 Å². The van der Waals surface area contributed by atoms with E-state index < -0.39 is 38.8 Å². The third-order valence-electron chi connectivity index (χ3n) is 11.8. The molecule has 0 radical (unpaired) electrons. The fourth-order valence-corrected chi connectivity index (χ4v) is 10.5. The van der Waals surface area contributed by atoms with Crippen LogP contribution in [0.4, 0.5) is 29.1 Å². The Morgan fingerprint density at radius 2 is 1.21 bits per heavy atom. The Morgan fingerprint density at radius 3 is 1.75 bits per heavy atom. The van der Waals surface area contributed by atoms with Crippen LogP contribution < -0.4 is 24.5 Å². The van der Waals surface area contributed by atoms with Crippen LogP contribution in [0.5, 0.6) is 17.2 Å². The molecule has 9 rings (SSSR count). The molecule has 2 aliphatic heterocycles. The first-order chi connectivity index (χ1) is 25.1. The predicted octanol–water partition coefficient (Wildman–Crippen LogP) is 11.7. The van der Waals surface area contributed by atoms with E-state index >= 15 is 17.7 Å². The number of halogens is 4. The minimum Gasteiger partial charge on any atom is -0.497 e. The highest BCUT2D eigenvalue weighted by atomic mass is 19.3. The maximum absolute atomic E-state index is 15.4. The lowest BCUT2D eigenvalue weighted by Crippen LogP contribution is -2.44. The standard InChI is InChI=1S/C44H40F4N2O3/c1-40(2)23-41(3,4)25-42(24-40)34-10-8-7-9-30(34)37-32-21-35-36(50(48)44(45,46)49(35)47)22-33(32)39-31(38(37)42)19-20-43(53-39,26-11-15-28(51-5)16-12-26)27-13-17-29(52-6)18-14-27/h7-22H,23-25H2,1-6H3. The van der Waals surface area contributed by atoms with Gasteiger partial charge in [-0.05, 0) is 100 Å². The molecule has 1 fully saturated rings. The number of nitrogens with zero attached hydrogens (tertiary/aromatic N) is 2. The van der Waals surface area contributed by atoms with Crippen molar-refractivity contribution in [3.8, 4) is 28.4 Å². The summed E-state index contributed by atoms with van der Waals surface area (Å²) in [5, 5.41) is -0.660. The lowest BCUT2D eigenvalue weighted by Gasteiger charge is -2.52. The molecule has 0 unspecified atom stereocenters. The fraction of sp³-hybridized carbons (Fsp3) is 0.318. The molecule has 0 saturated heterocycles. The smallest absolute Gasteiger partial charge is 0.467 e. The average Bonchev–Trinajstić information content (AvgIpc) is 3.49. The summed E-state index contributed by atoms with van der Waals surface area (Å²) in [6.07, 6.45) is 2.30. The molecule has 5 aromatic carbocycles. The summed E-state index contributed by atoms with van der Waals surface area (Å²) in [6, 6.07) is 26.1. The van der Waals surface area contributed by atoms with E-state index in [0.29, 0.717) is 28.0 Å². The van der Waals surface area contributed by atoms with Crippen molar-refractivity contribution in [2.75, 3.05) is 24.5 Å². The van der Waals surface area contributed by atoms with Gasteiger partial charge in [-0.25, -0.2) is 0 Å². The summed E-state index contributed by atoms with van der Waals surface area (Å²) in [6.45, 7) is 9.22. The number of anilines is 2. The van der Waals surface area contributed by atoms with Crippen molar-refractivity contribution in [2.45, 2.75) is 64.1 Å². The van der Waals surface area contributed by atoms with Crippen LogP contribution in [-0.4, -0.2) is 20.4 Å². The Labute approximate surface area is 306 Å². The highest BCUT2D eigenvalue weighted by molar-refractivity contribution is 6.11. The van der Waals surface area contributed by atoms with Crippen LogP contribution in [0.2, 0.25) is 0 Å². The molecular formula is C44H40F4N2O3. The fourth-order valence-electron chi connectivity index (χ4n) is 10.5. The van der Waals surface area contributed by atoms with Crippen molar-refractivity contribution < 1.29 is 32.0 Å². The van der Waals surface area contributed by atoms with Crippen molar-refractivity contribution in [3.63, 3.8) is 0 Å². The average molecular weight is 721 g/mol. The maximum Gasteiger partial charge on any atom is 0.467 e. The van der Waals surface area contributed by atoms with Crippen LogP contribution >= 0.6 is 0 Å². The summed E-state index contributed by atoms with van der Waals surface area (Å²) < 4.78 is 79.2. The van der Waals surface area contributed by atoms with Gasteiger partial charge in [-0.2, -0.15) is 8.78 Å². The Balaban J connectivity index is 1.41. The van der Waals surface area contributed by atoms with E-state index in [1.807, 2.05) is 66.7 Å². The molecule has 0 amide bonds. The molecule has 9 heteroatoms. The molecule has 1 saturated carbocycles. The van der Waals surface area contributed by atoms with Crippen molar-refractivity contribution >= 4 is 28.2 Å². The molecule has 53 heavy (non-hydrogen) atoms. The van der Waals surface area contributed by atoms with Crippen LogP contribution in [0.1, 0.15) is 74.8 Å². The molecule has 5 nitrogen and oxygen atoms in total. The lowest BCUT2D eigenvalue weighted by molar-refractivity contribution is -0.0660. The number of alkyl halides is 2. The second kappa shape index (κ2) is 10.9. The Kier molecular flexibility index (Phi) is 6.94. The molecule has 0 bridgehead atoms. The van der Waals surface area contributed by atoms with E-state index in [1.54, 1.807) is 14.2 Å². The largest absolute Gasteiger partial charge is 0.497 e. The number of benzene rings is 5. The van der Waals surface area contributed by atoms with Crippen molar-refractivity contribution in [3.05, 3.63) is 119 Å². The number of ether oxygens (including phenoxy) is 3. The molecule has 0 aromatic heterocycles. The molecule has 0 N–H and O–H groups in total. The van der Waals surface area contributed by atoms with Gasteiger partial charge in [-0.3, -0.25) is 0 Å². The summed E-state index contributed by atoms with van der Waals surface area (Å²) in [5.74, 6) is 1.75. The van der Waals surface area contributed by atoms with Gasteiger partial charge in [-0.1, -0.05) is 91.3 Å². The van der Waals surface area contributed by atoms with Crippen LogP contribution in [0.25, 0.3) is 28.0 Å². The lowest BCUT2D eigenvalue weighted by atomic mass is 9.52. The highest BCUT2D eigenvalue weighted by Crippen LogP contribution is 2.67. The molecule has 0 atom stereocenters. The van der Waals surface area contributed by atoms with Crippen molar-refractivity contribution in [2.24, 2.45) is 10.8 Å². The van der Waals surface area contributed by atoms with Crippen LogP contribution in [-0.2, 0) is 11.0 Å². The molecule has 272 valence electrons.